The van der Waals surface area contributed by atoms with Crippen LogP contribution < -0.4 is 5.32 Å². The van der Waals surface area contributed by atoms with Crippen LogP contribution in [0.25, 0.3) is 0 Å². The lowest BCUT2D eigenvalue weighted by Crippen LogP contribution is -2.22. The number of hydrogen-bond acceptors (Lipinski definition) is 2. The molecule has 0 bridgehead atoms. The minimum Gasteiger partial charge on any atom is -0.387 e. The third-order valence-electron chi connectivity index (χ3n) is 2.36. The molecule has 0 radical (unpaired) electrons. The van der Waals surface area contributed by atoms with Crippen molar-refractivity contribution >= 4 is 23.2 Å². The molecule has 16 heavy (non-hydrogen) atoms. The van der Waals surface area contributed by atoms with Gasteiger partial charge in [0.1, 0.15) is 0 Å². The molecule has 2 N–H and O–H groups in total. The summed E-state index contributed by atoms with van der Waals surface area (Å²) in [7, 11) is 0. The quantitative estimate of drug-likeness (QED) is 0.770. The van der Waals surface area contributed by atoms with E-state index in [4.69, 9.17) is 23.2 Å². The highest BCUT2D eigenvalue weighted by Crippen LogP contribution is 2.25. The van der Waals surface area contributed by atoms with E-state index in [0.717, 1.165) is 19.4 Å². The molecule has 4 heteroatoms. The fourth-order valence-corrected chi connectivity index (χ4v) is 1.84. The van der Waals surface area contributed by atoms with Crippen molar-refractivity contribution in [3.63, 3.8) is 0 Å². The minimum absolute atomic E-state index is 0.500. The number of nitrogens with one attached hydrogen (secondary N) is 1. The third-order valence-corrected chi connectivity index (χ3v) is 2.94. The van der Waals surface area contributed by atoms with Crippen LogP contribution in [0.3, 0.4) is 0 Å². The summed E-state index contributed by atoms with van der Waals surface area (Å²) >= 11 is 11.8. The van der Waals surface area contributed by atoms with Gasteiger partial charge in [-0.1, -0.05) is 36.5 Å². The molecule has 0 aliphatic carbocycles. The van der Waals surface area contributed by atoms with Crippen molar-refractivity contribution in [3.05, 3.63) is 33.8 Å². The molecule has 2 nitrogen and oxygen atoms in total. The average Bonchev–Trinajstić information content (AvgIpc) is 2.27. The largest absolute Gasteiger partial charge is 0.387 e. The zero-order chi connectivity index (χ0) is 12.0. The Kier molecular flexibility index (Phi) is 6.14. The number of aliphatic hydroxyl groups excluding tert-OH is 1. The molecule has 0 saturated carbocycles. The van der Waals surface area contributed by atoms with Gasteiger partial charge in [-0.25, -0.2) is 0 Å². The normalized spacial score (nSPS) is 12.8. The third kappa shape index (κ3) is 4.30. The highest BCUT2D eigenvalue weighted by Gasteiger charge is 2.11. The van der Waals surface area contributed by atoms with Crippen LogP contribution in [-0.4, -0.2) is 18.2 Å². The van der Waals surface area contributed by atoms with Crippen LogP contribution in [0.2, 0.25) is 10.0 Å². The van der Waals surface area contributed by atoms with E-state index in [9.17, 15) is 5.11 Å². The van der Waals surface area contributed by atoms with Crippen LogP contribution in [0, 0.1) is 0 Å². The van der Waals surface area contributed by atoms with Gasteiger partial charge in [0.25, 0.3) is 0 Å². The summed E-state index contributed by atoms with van der Waals surface area (Å²) in [5.74, 6) is 0. The van der Waals surface area contributed by atoms with Crippen LogP contribution in [0.4, 0.5) is 0 Å². The smallest absolute Gasteiger partial charge is 0.0929 e. The van der Waals surface area contributed by atoms with E-state index in [1.54, 1.807) is 18.2 Å². The lowest BCUT2D eigenvalue weighted by molar-refractivity contribution is 0.175. The molecule has 0 heterocycles. The van der Waals surface area contributed by atoms with Gasteiger partial charge in [-0.15, -0.1) is 0 Å². The van der Waals surface area contributed by atoms with Gasteiger partial charge in [0.2, 0.25) is 0 Å². The van der Waals surface area contributed by atoms with Crippen molar-refractivity contribution in [3.8, 4) is 0 Å². The molecule has 1 atom stereocenters. The first-order chi connectivity index (χ1) is 7.65. The molecule has 0 saturated heterocycles. The molecule has 0 amide bonds. The zero-order valence-electron chi connectivity index (χ0n) is 9.34. The van der Waals surface area contributed by atoms with Gasteiger partial charge in [0.15, 0.2) is 0 Å². The Labute approximate surface area is 107 Å². The second-order valence-corrected chi connectivity index (χ2v) is 4.58. The average molecular weight is 262 g/mol. The molecule has 1 aromatic rings. The van der Waals surface area contributed by atoms with Gasteiger partial charge < -0.3 is 10.4 Å². The molecule has 0 fully saturated rings. The Morgan fingerprint density at radius 1 is 1.38 bits per heavy atom. The molecule has 0 aliphatic rings. The van der Waals surface area contributed by atoms with Crippen LogP contribution in [0.15, 0.2) is 18.2 Å². The predicted molar refractivity (Wildman–Crippen MR) is 69.2 cm³/mol. The van der Waals surface area contributed by atoms with Crippen molar-refractivity contribution in [2.24, 2.45) is 0 Å². The number of rotatable bonds is 6. The highest BCUT2D eigenvalue weighted by molar-refractivity contribution is 6.33. The first-order valence-electron chi connectivity index (χ1n) is 5.49. The summed E-state index contributed by atoms with van der Waals surface area (Å²) in [6.45, 7) is 3.54. The molecule has 0 spiro atoms. The SMILES string of the molecule is CCCCNCC(O)c1cc(Cl)ccc1Cl. The Balaban J connectivity index is 2.51. The van der Waals surface area contributed by atoms with Crippen LogP contribution in [0.1, 0.15) is 31.4 Å². The number of halogens is 2. The molecule has 1 rings (SSSR count). The van der Waals surface area contributed by atoms with Crippen molar-refractivity contribution in [2.45, 2.75) is 25.9 Å². The van der Waals surface area contributed by atoms with E-state index in [1.807, 2.05) is 0 Å². The van der Waals surface area contributed by atoms with E-state index in [-0.39, 0.29) is 0 Å². The summed E-state index contributed by atoms with van der Waals surface area (Å²) in [4.78, 5) is 0. The van der Waals surface area contributed by atoms with Crippen molar-refractivity contribution in [2.75, 3.05) is 13.1 Å². The standard InChI is InChI=1S/C12H17Cl2NO/c1-2-3-6-15-8-12(16)10-7-9(13)4-5-11(10)14/h4-5,7,12,15-16H,2-3,6,8H2,1H3. The molecule has 1 unspecified atom stereocenters. The Bertz CT molecular complexity index is 331. The molecule has 1 aromatic carbocycles. The lowest BCUT2D eigenvalue weighted by atomic mass is 10.1. The number of benzene rings is 1. The van der Waals surface area contributed by atoms with Crippen LogP contribution in [0.5, 0.6) is 0 Å². The molecule has 0 aliphatic heterocycles. The Hall–Kier alpha value is -0.280. The summed E-state index contributed by atoms with van der Waals surface area (Å²) in [5, 5.41) is 14.2. The van der Waals surface area contributed by atoms with Gasteiger partial charge in [0, 0.05) is 22.2 Å². The number of hydrogen-bond donors (Lipinski definition) is 2. The predicted octanol–water partition coefficient (Wildman–Crippen LogP) is 3.42. The summed E-state index contributed by atoms with van der Waals surface area (Å²) in [6, 6.07) is 5.12. The monoisotopic (exact) mass is 261 g/mol. The first kappa shape index (κ1) is 13.8. The van der Waals surface area contributed by atoms with Crippen molar-refractivity contribution in [1.82, 2.24) is 5.32 Å². The summed E-state index contributed by atoms with van der Waals surface area (Å²) in [5.41, 5.74) is 0.679. The summed E-state index contributed by atoms with van der Waals surface area (Å²) < 4.78 is 0. The maximum Gasteiger partial charge on any atom is 0.0929 e. The van der Waals surface area contributed by atoms with Gasteiger partial charge in [-0.05, 0) is 31.2 Å². The maximum atomic E-state index is 9.92. The first-order valence-corrected chi connectivity index (χ1v) is 6.24. The van der Waals surface area contributed by atoms with E-state index >= 15 is 0 Å². The molecular formula is C12H17Cl2NO. The Morgan fingerprint density at radius 2 is 2.12 bits per heavy atom. The van der Waals surface area contributed by atoms with Crippen molar-refractivity contribution < 1.29 is 5.11 Å². The zero-order valence-corrected chi connectivity index (χ0v) is 10.9. The summed E-state index contributed by atoms with van der Waals surface area (Å²) in [6.07, 6.45) is 1.64. The van der Waals surface area contributed by atoms with Crippen LogP contribution in [-0.2, 0) is 0 Å². The lowest BCUT2D eigenvalue weighted by Gasteiger charge is -2.13. The number of unbranched alkanes of at least 4 members (excludes halogenated alkanes) is 1. The molecule has 90 valence electrons. The highest BCUT2D eigenvalue weighted by atomic mass is 35.5. The Morgan fingerprint density at radius 3 is 2.81 bits per heavy atom. The molecular weight excluding hydrogens is 245 g/mol. The van der Waals surface area contributed by atoms with Gasteiger partial charge in [-0.3, -0.25) is 0 Å². The van der Waals surface area contributed by atoms with E-state index in [1.165, 1.54) is 0 Å². The number of aliphatic hydroxyl groups is 1. The van der Waals surface area contributed by atoms with E-state index < -0.39 is 6.10 Å². The van der Waals surface area contributed by atoms with Crippen molar-refractivity contribution in [1.29, 1.82) is 0 Å². The fraction of sp³-hybridized carbons (Fsp3) is 0.500. The van der Waals surface area contributed by atoms with E-state index in [2.05, 4.69) is 12.2 Å². The maximum absolute atomic E-state index is 9.92. The van der Waals surface area contributed by atoms with Gasteiger partial charge in [-0.2, -0.15) is 0 Å². The van der Waals surface area contributed by atoms with Crippen LogP contribution >= 0.6 is 23.2 Å². The second kappa shape index (κ2) is 7.13. The van der Waals surface area contributed by atoms with E-state index in [0.29, 0.717) is 22.2 Å². The fourth-order valence-electron chi connectivity index (χ4n) is 1.42. The second-order valence-electron chi connectivity index (χ2n) is 3.74. The van der Waals surface area contributed by atoms with Gasteiger partial charge >= 0.3 is 0 Å². The topological polar surface area (TPSA) is 32.3 Å². The van der Waals surface area contributed by atoms with Gasteiger partial charge in [0.05, 0.1) is 6.10 Å². The minimum atomic E-state index is -0.608. The molecule has 0 aromatic heterocycles.